The molecule has 5 nitrogen and oxygen atoms in total. The third-order valence-corrected chi connectivity index (χ3v) is 4.44. The Bertz CT molecular complexity index is 548. The van der Waals surface area contributed by atoms with Crippen molar-refractivity contribution in [3.05, 3.63) is 23.8 Å². The molecular formula is C18H27NO4. The molecule has 1 heterocycles. The van der Waals surface area contributed by atoms with Crippen LogP contribution >= 0.6 is 0 Å². The van der Waals surface area contributed by atoms with Gasteiger partial charge in [0.05, 0.1) is 12.5 Å². The van der Waals surface area contributed by atoms with E-state index >= 15 is 0 Å². The predicted octanol–water partition coefficient (Wildman–Crippen LogP) is 2.82. The number of benzene rings is 1. The number of hydrogen-bond acceptors (Lipinski definition) is 4. The Morgan fingerprint density at radius 2 is 2.00 bits per heavy atom. The van der Waals surface area contributed by atoms with E-state index in [1.807, 2.05) is 18.2 Å². The molecule has 0 bridgehead atoms. The van der Waals surface area contributed by atoms with E-state index in [1.54, 1.807) is 21.0 Å². The number of hydrogen-bond donors (Lipinski definition) is 1. The standard InChI is InChI=1S/C18H27NO4/c1-18(2,17(20)21)12-13-6-5-7-15(22-4)16(13)23-14-8-10-19(3)11-9-14/h5-7,14H,8-12H2,1-4H3,(H,20,21). The molecule has 1 fully saturated rings. The maximum Gasteiger partial charge on any atom is 0.309 e. The first kappa shape index (κ1) is 17.6. The second-order valence-corrected chi connectivity index (χ2v) is 6.93. The van der Waals surface area contributed by atoms with Gasteiger partial charge in [0.25, 0.3) is 0 Å². The quantitative estimate of drug-likeness (QED) is 0.873. The molecule has 23 heavy (non-hydrogen) atoms. The Hall–Kier alpha value is -1.75. The van der Waals surface area contributed by atoms with Gasteiger partial charge in [0, 0.05) is 13.1 Å². The third-order valence-electron chi connectivity index (χ3n) is 4.44. The molecule has 5 heteroatoms. The molecule has 0 aromatic heterocycles. The van der Waals surface area contributed by atoms with Gasteiger partial charge in [-0.1, -0.05) is 12.1 Å². The molecule has 0 unspecified atom stereocenters. The Labute approximate surface area is 138 Å². The monoisotopic (exact) mass is 321 g/mol. The molecule has 0 saturated carbocycles. The number of rotatable bonds is 6. The normalized spacial score (nSPS) is 17.0. The van der Waals surface area contributed by atoms with Gasteiger partial charge in [0.15, 0.2) is 11.5 Å². The minimum absolute atomic E-state index is 0.147. The number of nitrogens with zero attached hydrogens (tertiary/aromatic N) is 1. The van der Waals surface area contributed by atoms with Crippen molar-refractivity contribution in [3.63, 3.8) is 0 Å². The predicted molar refractivity (Wildman–Crippen MR) is 89.3 cm³/mol. The summed E-state index contributed by atoms with van der Waals surface area (Å²) in [6, 6.07) is 5.67. The highest BCUT2D eigenvalue weighted by Gasteiger charge is 2.30. The number of carbonyl (C=O) groups is 1. The summed E-state index contributed by atoms with van der Waals surface area (Å²) in [6.07, 6.45) is 2.49. The largest absolute Gasteiger partial charge is 0.493 e. The summed E-state index contributed by atoms with van der Waals surface area (Å²) in [7, 11) is 3.73. The Kier molecular flexibility index (Phi) is 5.52. The van der Waals surface area contributed by atoms with E-state index in [0.29, 0.717) is 17.9 Å². The van der Waals surface area contributed by atoms with Crippen molar-refractivity contribution in [1.82, 2.24) is 4.90 Å². The summed E-state index contributed by atoms with van der Waals surface area (Å²) in [5, 5.41) is 9.39. The SMILES string of the molecule is COc1cccc(CC(C)(C)C(=O)O)c1OC1CCN(C)CC1. The lowest BCUT2D eigenvalue weighted by Gasteiger charge is -2.31. The molecule has 0 atom stereocenters. The molecule has 1 aliphatic heterocycles. The summed E-state index contributed by atoms with van der Waals surface area (Å²) >= 11 is 0. The average molecular weight is 321 g/mol. The van der Waals surface area contributed by atoms with Crippen LogP contribution in [-0.4, -0.2) is 49.3 Å². The molecule has 128 valence electrons. The number of likely N-dealkylation sites (tertiary alicyclic amines) is 1. The van der Waals surface area contributed by atoms with Gasteiger partial charge < -0.3 is 19.5 Å². The van der Waals surface area contributed by atoms with Crippen LogP contribution in [0.2, 0.25) is 0 Å². The topological polar surface area (TPSA) is 59.0 Å². The van der Waals surface area contributed by atoms with Crippen LogP contribution in [0, 0.1) is 5.41 Å². The van der Waals surface area contributed by atoms with Gasteiger partial charge >= 0.3 is 5.97 Å². The number of carboxylic acid groups (broad SMARTS) is 1. The summed E-state index contributed by atoms with van der Waals surface area (Å²) in [5.41, 5.74) is 0.0349. The molecule has 1 aliphatic rings. The number of carboxylic acids is 1. The van der Waals surface area contributed by atoms with Crippen LogP contribution in [0.4, 0.5) is 0 Å². The van der Waals surface area contributed by atoms with Crippen molar-refractivity contribution in [1.29, 1.82) is 0 Å². The van der Waals surface area contributed by atoms with Gasteiger partial charge in [-0.15, -0.1) is 0 Å². The van der Waals surface area contributed by atoms with Crippen molar-refractivity contribution in [3.8, 4) is 11.5 Å². The zero-order valence-electron chi connectivity index (χ0n) is 14.5. The smallest absolute Gasteiger partial charge is 0.309 e. The van der Waals surface area contributed by atoms with Crippen molar-refractivity contribution in [2.75, 3.05) is 27.2 Å². The van der Waals surface area contributed by atoms with E-state index < -0.39 is 11.4 Å². The van der Waals surface area contributed by atoms with E-state index in [-0.39, 0.29) is 6.10 Å². The van der Waals surface area contributed by atoms with Crippen LogP contribution in [0.3, 0.4) is 0 Å². The van der Waals surface area contributed by atoms with E-state index in [4.69, 9.17) is 9.47 Å². The molecule has 0 radical (unpaired) electrons. The number of piperidine rings is 1. The first-order chi connectivity index (χ1) is 10.8. The maximum atomic E-state index is 11.4. The minimum Gasteiger partial charge on any atom is -0.493 e. The van der Waals surface area contributed by atoms with Crippen LogP contribution in [0.5, 0.6) is 11.5 Å². The fourth-order valence-corrected chi connectivity index (χ4v) is 2.82. The second kappa shape index (κ2) is 7.21. The van der Waals surface area contributed by atoms with Crippen molar-refractivity contribution >= 4 is 5.97 Å². The zero-order chi connectivity index (χ0) is 17.0. The molecule has 1 aromatic carbocycles. The lowest BCUT2D eigenvalue weighted by atomic mass is 9.85. The number of ether oxygens (including phenoxy) is 2. The first-order valence-corrected chi connectivity index (χ1v) is 8.08. The molecule has 1 aromatic rings. The van der Waals surface area contributed by atoms with E-state index in [0.717, 1.165) is 31.5 Å². The molecule has 0 spiro atoms. The van der Waals surface area contributed by atoms with Crippen molar-refractivity contribution < 1.29 is 19.4 Å². The number of aliphatic carboxylic acids is 1. The Morgan fingerprint density at radius 3 is 2.57 bits per heavy atom. The first-order valence-electron chi connectivity index (χ1n) is 8.08. The van der Waals surface area contributed by atoms with E-state index in [9.17, 15) is 9.90 Å². The second-order valence-electron chi connectivity index (χ2n) is 6.93. The van der Waals surface area contributed by atoms with Crippen LogP contribution < -0.4 is 9.47 Å². The van der Waals surface area contributed by atoms with Gasteiger partial charge in [-0.05, 0) is 51.8 Å². The van der Waals surface area contributed by atoms with Crippen molar-refractivity contribution in [2.24, 2.45) is 5.41 Å². The molecule has 1 N–H and O–H groups in total. The Morgan fingerprint density at radius 1 is 1.35 bits per heavy atom. The Balaban J connectivity index is 2.23. The number of methoxy groups -OCH3 is 1. The highest BCUT2D eigenvalue weighted by molar-refractivity contribution is 5.74. The molecular weight excluding hydrogens is 294 g/mol. The van der Waals surface area contributed by atoms with Gasteiger partial charge in [0.2, 0.25) is 0 Å². The van der Waals surface area contributed by atoms with Crippen LogP contribution in [-0.2, 0) is 11.2 Å². The summed E-state index contributed by atoms with van der Waals surface area (Å²) in [5.74, 6) is 0.548. The van der Waals surface area contributed by atoms with Gasteiger partial charge in [-0.25, -0.2) is 0 Å². The number of para-hydroxylation sites is 1. The van der Waals surface area contributed by atoms with Crippen LogP contribution in [0.15, 0.2) is 18.2 Å². The van der Waals surface area contributed by atoms with Crippen LogP contribution in [0.1, 0.15) is 32.3 Å². The fraction of sp³-hybridized carbons (Fsp3) is 0.611. The third kappa shape index (κ3) is 4.38. The van der Waals surface area contributed by atoms with Crippen molar-refractivity contribution in [2.45, 2.75) is 39.2 Å². The van der Waals surface area contributed by atoms with E-state index in [1.165, 1.54) is 0 Å². The average Bonchev–Trinajstić information content (AvgIpc) is 2.50. The zero-order valence-corrected chi connectivity index (χ0v) is 14.5. The maximum absolute atomic E-state index is 11.4. The molecule has 2 rings (SSSR count). The molecule has 1 saturated heterocycles. The highest BCUT2D eigenvalue weighted by Crippen LogP contribution is 2.37. The summed E-state index contributed by atoms with van der Waals surface area (Å²) in [4.78, 5) is 13.7. The lowest BCUT2D eigenvalue weighted by molar-refractivity contribution is -0.146. The summed E-state index contributed by atoms with van der Waals surface area (Å²) < 4.78 is 11.7. The highest BCUT2D eigenvalue weighted by atomic mass is 16.5. The van der Waals surface area contributed by atoms with E-state index in [2.05, 4.69) is 11.9 Å². The minimum atomic E-state index is -0.850. The van der Waals surface area contributed by atoms with Gasteiger partial charge in [0.1, 0.15) is 6.10 Å². The summed E-state index contributed by atoms with van der Waals surface area (Å²) in [6.45, 7) is 5.48. The fourth-order valence-electron chi connectivity index (χ4n) is 2.82. The molecule has 0 amide bonds. The molecule has 0 aliphatic carbocycles. The van der Waals surface area contributed by atoms with Gasteiger partial charge in [-0.3, -0.25) is 4.79 Å². The lowest BCUT2D eigenvalue weighted by Crippen LogP contribution is -2.36. The van der Waals surface area contributed by atoms with Gasteiger partial charge in [-0.2, -0.15) is 0 Å². The van der Waals surface area contributed by atoms with Crippen LogP contribution in [0.25, 0.3) is 0 Å².